The first kappa shape index (κ1) is 26.1. The SMILES string of the molecule is C[C@H](CNCc1ccc([C@H](NS(C)(=O)=O)C(F)(F)F)cc1)Oc1ccc(F)cn1.Cl. The predicted molar refractivity (Wildman–Crippen MR) is 106 cm³/mol. The van der Waals surface area contributed by atoms with Crippen molar-refractivity contribution in [3.05, 3.63) is 59.5 Å². The van der Waals surface area contributed by atoms with Crippen molar-refractivity contribution in [1.82, 2.24) is 15.0 Å². The number of pyridine rings is 1. The summed E-state index contributed by atoms with van der Waals surface area (Å²) in [6, 6.07) is 5.76. The molecule has 2 atom stereocenters. The lowest BCUT2D eigenvalue weighted by atomic mass is 10.1. The van der Waals surface area contributed by atoms with E-state index in [0.29, 0.717) is 24.9 Å². The van der Waals surface area contributed by atoms with E-state index in [2.05, 4.69) is 10.3 Å². The molecule has 168 valence electrons. The lowest BCUT2D eigenvalue weighted by Crippen LogP contribution is -2.37. The van der Waals surface area contributed by atoms with Crippen LogP contribution in [0.4, 0.5) is 17.6 Å². The molecule has 0 aliphatic heterocycles. The summed E-state index contributed by atoms with van der Waals surface area (Å²) in [5, 5.41) is 3.09. The molecule has 0 unspecified atom stereocenters. The van der Waals surface area contributed by atoms with Crippen LogP contribution in [0.5, 0.6) is 5.88 Å². The molecule has 1 heterocycles. The van der Waals surface area contributed by atoms with Crippen LogP contribution in [-0.4, -0.2) is 38.5 Å². The number of halogens is 5. The summed E-state index contributed by atoms with van der Waals surface area (Å²) in [5.41, 5.74) is 0.506. The van der Waals surface area contributed by atoms with Crippen LogP contribution in [0.15, 0.2) is 42.6 Å². The van der Waals surface area contributed by atoms with Crippen molar-refractivity contribution >= 4 is 22.4 Å². The van der Waals surface area contributed by atoms with Crippen LogP contribution in [0.2, 0.25) is 0 Å². The highest BCUT2D eigenvalue weighted by Crippen LogP contribution is 2.33. The molecule has 0 radical (unpaired) electrons. The zero-order valence-electron chi connectivity index (χ0n) is 16.1. The molecule has 2 N–H and O–H groups in total. The zero-order chi connectivity index (χ0) is 21.7. The minimum absolute atomic E-state index is 0. The maximum absolute atomic E-state index is 13.2. The molecular formula is C18H22ClF4N3O3S. The van der Waals surface area contributed by atoms with Crippen LogP contribution in [0.25, 0.3) is 0 Å². The molecule has 0 spiro atoms. The second kappa shape index (κ2) is 10.9. The van der Waals surface area contributed by atoms with E-state index < -0.39 is 28.1 Å². The monoisotopic (exact) mass is 471 g/mol. The average Bonchev–Trinajstić information content (AvgIpc) is 2.61. The molecule has 0 aliphatic rings. The Morgan fingerprint density at radius 3 is 2.27 bits per heavy atom. The van der Waals surface area contributed by atoms with Crippen LogP contribution in [-0.2, 0) is 16.6 Å². The highest BCUT2D eigenvalue weighted by Gasteiger charge is 2.42. The zero-order valence-corrected chi connectivity index (χ0v) is 17.7. The van der Waals surface area contributed by atoms with Crippen LogP contribution in [0.1, 0.15) is 24.1 Å². The molecule has 12 heteroatoms. The van der Waals surface area contributed by atoms with Crippen molar-refractivity contribution in [1.29, 1.82) is 0 Å². The third-order valence-electron chi connectivity index (χ3n) is 3.76. The second-order valence-electron chi connectivity index (χ2n) is 6.48. The van der Waals surface area contributed by atoms with Crippen molar-refractivity contribution < 1.29 is 30.7 Å². The van der Waals surface area contributed by atoms with Crippen molar-refractivity contribution in [2.24, 2.45) is 0 Å². The van der Waals surface area contributed by atoms with Gasteiger partial charge in [0.2, 0.25) is 15.9 Å². The Morgan fingerprint density at radius 2 is 1.77 bits per heavy atom. The molecule has 30 heavy (non-hydrogen) atoms. The minimum atomic E-state index is -4.76. The van der Waals surface area contributed by atoms with E-state index in [1.165, 1.54) is 36.4 Å². The molecule has 1 aromatic carbocycles. The fourth-order valence-electron chi connectivity index (χ4n) is 2.47. The van der Waals surface area contributed by atoms with Gasteiger partial charge in [0.1, 0.15) is 18.0 Å². The molecule has 0 aliphatic carbocycles. The van der Waals surface area contributed by atoms with Gasteiger partial charge in [-0.2, -0.15) is 17.9 Å². The van der Waals surface area contributed by atoms with Crippen molar-refractivity contribution in [3.8, 4) is 5.88 Å². The Bertz CT molecular complexity index is 894. The highest BCUT2D eigenvalue weighted by atomic mass is 35.5. The molecule has 0 fully saturated rings. The number of sulfonamides is 1. The number of ether oxygens (including phenoxy) is 1. The van der Waals surface area contributed by atoms with E-state index in [9.17, 15) is 26.0 Å². The first-order valence-electron chi connectivity index (χ1n) is 8.56. The first-order valence-corrected chi connectivity index (χ1v) is 10.4. The fourth-order valence-corrected chi connectivity index (χ4v) is 3.16. The highest BCUT2D eigenvalue weighted by molar-refractivity contribution is 7.88. The molecule has 6 nitrogen and oxygen atoms in total. The molecule has 1 aromatic heterocycles. The molecular weight excluding hydrogens is 450 g/mol. The van der Waals surface area contributed by atoms with Crippen LogP contribution < -0.4 is 14.8 Å². The second-order valence-corrected chi connectivity index (χ2v) is 8.26. The largest absolute Gasteiger partial charge is 0.473 e. The summed E-state index contributed by atoms with van der Waals surface area (Å²) in [6.45, 7) is 2.56. The molecule has 0 bridgehead atoms. The van der Waals surface area contributed by atoms with Crippen molar-refractivity contribution in [2.75, 3.05) is 12.8 Å². The molecule has 2 aromatic rings. The van der Waals surface area contributed by atoms with Crippen molar-refractivity contribution in [3.63, 3.8) is 0 Å². The van der Waals surface area contributed by atoms with Crippen LogP contribution in [0.3, 0.4) is 0 Å². The van der Waals surface area contributed by atoms with Crippen LogP contribution in [0, 0.1) is 5.82 Å². The van der Waals surface area contributed by atoms with E-state index in [1.54, 1.807) is 11.6 Å². The predicted octanol–water partition coefficient (Wildman–Crippen LogP) is 3.35. The van der Waals surface area contributed by atoms with Crippen molar-refractivity contribution in [2.45, 2.75) is 31.8 Å². The number of aromatic nitrogens is 1. The number of hydrogen-bond acceptors (Lipinski definition) is 5. The topological polar surface area (TPSA) is 80.3 Å². The average molecular weight is 472 g/mol. The summed E-state index contributed by atoms with van der Waals surface area (Å²) < 4.78 is 81.8. The maximum Gasteiger partial charge on any atom is 0.408 e. The normalized spacial score (nSPS) is 13.9. The van der Waals surface area contributed by atoms with Gasteiger partial charge in [-0.15, -0.1) is 12.4 Å². The number of nitrogens with zero attached hydrogens (tertiary/aromatic N) is 1. The quantitative estimate of drug-likeness (QED) is 0.548. The summed E-state index contributed by atoms with van der Waals surface area (Å²) in [6.07, 6.45) is -3.32. The summed E-state index contributed by atoms with van der Waals surface area (Å²) in [7, 11) is -4.04. The standard InChI is InChI=1S/C18H21F4N3O3S.ClH/c1-12(28-16-8-7-15(19)11-24-16)9-23-10-13-3-5-14(6-4-13)17(18(20,21)22)25-29(2,26)27;/h3-8,11-12,17,23,25H,9-10H2,1-2H3;1H/t12-,17+;/m1./s1. The number of rotatable bonds is 9. The minimum Gasteiger partial charge on any atom is -0.473 e. The number of benzene rings is 1. The number of nitrogens with one attached hydrogen (secondary N) is 2. The lowest BCUT2D eigenvalue weighted by molar-refractivity contribution is -0.153. The Balaban J connectivity index is 0.00000450. The Morgan fingerprint density at radius 1 is 1.13 bits per heavy atom. The van der Waals surface area contributed by atoms with Gasteiger partial charge >= 0.3 is 6.18 Å². The first-order chi connectivity index (χ1) is 13.4. The van der Waals surface area contributed by atoms with Gasteiger partial charge < -0.3 is 10.1 Å². The van der Waals surface area contributed by atoms with E-state index in [4.69, 9.17) is 4.74 Å². The Hall–Kier alpha value is -1.95. The molecule has 2 rings (SSSR count). The van der Waals surface area contributed by atoms with E-state index in [0.717, 1.165) is 6.20 Å². The van der Waals surface area contributed by atoms with Gasteiger partial charge in [0.25, 0.3) is 0 Å². The van der Waals surface area contributed by atoms with Gasteiger partial charge in [-0.3, -0.25) is 0 Å². The lowest BCUT2D eigenvalue weighted by Gasteiger charge is -2.21. The molecule has 0 saturated carbocycles. The molecule has 0 saturated heterocycles. The van der Waals surface area contributed by atoms with Gasteiger partial charge in [-0.25, -0.2) is 17.8 Å². The van der Waals surface area contributed by atoms with Gasteiger partial charge in [0.05, 0.1) is 12.5 Å². The van der Waals surface area contributed by atoms with E-state index in [1.807, 2.05) is 0 Å². The fraction of sp³-hybridized carbons (Fsp3) is 0.389. The Kier molecular flexibility index (Phi) is 9.47. The third-order valence-corrected chi connectivity index (χ3v) is 4.42. The summed E-state index contributed by atoms with van der Waals surface area (Å²) in [5.74, 6) is -0.187. The number of alkyl halides is 3. The van der Waals surface area contributed by atoms with Gasteiger partial charge in [0.15, 0.2) is 0 Å². The maximum atomic E-state index is 13.2. The van der Waals surface area contributed by atoms with Gasteiger partial charge in [-0.05, 0) is 24.1 Å². The third kappa shape index (κ3) is 8.82. The van der Waals surface area contributed by atoms with Gasteiger partial charge in [0, 0.05) is 19.2 Å². The number of hydrogen-bond donors (Lipinski definition) is 2. The van der Waals surface area contributed by atoms with E-state index >= 15 is 0 Å². The van der Waals surface area contributed by atoms with Crippen LogP contribution >= 0.6 is 12.4 Å². The molecule has 0 amide bonds. The Labute approximate surface area is 178 Å². The van der Waals surface area contributed by atoms with E-state index in [-0.39, 0.29) is 30.0 Å². The smallest absolute Gasteiger partial charge is 0.408 e. The summed E-state index contributed by atoms with van der Waals surface area (Å²) >= 11 is 0. The van der Waals surface area contributed by atoms with Gasteiger partial charge in [-0.1, -0.05) is 24.3 Å². The summed E-state index contributed by atoms with van der Waals surface area (Å²) in [4.78, 5) is 3.79.